The van der Waals surface area contributed by atoms with Crippen LogP contribution in [0.3, 0.4) is 0 Å². The quantitative estimate of drug-likeness (QED) is 0.514. The zero-order chi connectivity index (χ0) is 20.5. The number of benzene rings is 2. The molecule has 2 amide bonds. The summed E-state index contributed by atoms with van der Waals surface area (Å²) in [6.45, 7) is 6.19. The van der Waals surface area contributed by atoms with Gasteiger partial charge in [-0.2, -0.15) is 0 Å². The van der Waals surface area contributed by atoms with Crippen LogP contribution in [0.25, 0.3) is 0 Å². The Morgan fingerprint density at radius 3 is 2.07 bits per heavy atom. The molecular formula is C22H25ClN2O3. The van der Waals surface area contributed by atoms with Crippen molar-refractivity contribution >= 4 is 23.4 Å². The summed E-state index contributed by atoms with van der Waals surface area (Å²) in [4.78, 5) is 24.8. The van der Waals surface area contributed by atoms with Gasteiger partial charge in [0.25, 0.3) is 5.91 Å². The molecule has 0 spiro atoms. The van der Waals surface area contributed by atoms with Crippen LogP contribution in [0.15, 0.2) is 48.5 Å². The van der Waals surface area contributed by atoms with E-state index in [0.29, 0.717) is 10.6 Å². The average Bonchev–Trinajstić information content (AvgIpc) is 3.47. The fraction of sp³-hybridized carbons (Fsp3) is 0.364. The first-order chi connectivity index (χ1) is 13.2. The zero-order valence-electron chi connectivity index (χ0n) is 16.3. The van der Waals surface area contributed by atoms with E-state index in [4.69, 9.17) is 16.8 Å². The first kappa shape index (κ1) is 20.4. The number of rotatable bonds is 5. The van der Waals surface area contributed by atoms with E-state index in [1.807, 2.05) is 36.4 Å². The number of hydrogen-bond donors (Lipinski definition) is 3. The van der Waals surface area contributed by atoms with Crippen LogP contribution in [0.4, 0.5) is 0 Å². The van der Waals surface area contributed by atoms with Gasteiger partial charge in [0.05, 0.1) is 11.5 Å². The van der Waals surface area contributed by atoms with Crippen molar-refractivity contribution in [2.75, 3.05) is 0 Å². The van der Waals surface area contributed by atoms with Crippen molar-refractivity contribution in [3.05, 3.63) is 70.2 Å². The summed E-state index contributed by atoms with van der Waals surface area (Å²) in [5.41, 5.74) is 3.14. The average molecular weight is 401 g/mol. The SMILES string of the molecule is CC(C)(C)C(NC(=O)C1(c2ccc(Cl)cc2)CC1)c1ccc(C(=O)NO)cc1. The summed E-state index contributed by atoms with van der Waals surface area (Å²) in [7, 11) is 0. The third-order valence-electron chi connectivity index (χ3n) is 5.33. The Balaban J connectivity index is 1.84. The van der Waals surface area contributed by atoms with E-state index in [9.17, 15) is 9.59 Å². The van der Waals surface area contributed by atoms with Gasteiger partial charge in [0.2, 0.25) is 5.91 Å². The summed E-state index contributed by atoms with van der Waals surface area (Å²) >= 11 is 5.99. The molecule has 1 saturated carbocycles. The molecule has 2 aromatic rings. The van der Waals surface area contributed by atoms with Crippen LogP contribution >= 0.6 is 11.6 Å². The molecule has 0 radical (unpaired) electrons. The summed E-state index contributed by atoms with van der Waals surface area (Å²) in [5, 5.41) is 12.7. The Bertz CT molecular complexity index is 866. The maximum Gasteiger partial charge on any atom is 0.274 e. The second kappa shape index (κ2) is 7.57. The highest BCUT2D eigenvalue weighted by atomic mass is 35.5. The number of amides is 2. The van der Waals surface area contributed by atoms with Gasteiger partial charge in [-0.25, -0.2) is 5.48 Å². The first-order valence-electron chi connectivity index (χ1n) is 9.29. The van der Waals surface area contributed by atoms with Gasteiger partial charge < -0.3 is 5.32 Å². The number of carbonyl (C=O) groups excluding carboxylic acids is 2. The number of hydroxylamine groups is 1. The molecule has 3 rings (SSSR count). The molecule has 1 aliphatic carbocycles. The van der Waals surface area contributed by atoms with E-state index in [1.165, 1.54) is 0 Å². The van der Waals surface area contributed by atoms with Crippen LogP contribution in [0, 0.1) is 5.41 Å². The van der Waals surface area contributed by atoms with Crippen molar-refractivity contribution in [1.82, 2.24) is 10.8 Å². The fourth-order valence-electron chi connectivity index (χ4n) is 3.50. The summed E-state index contributed by atoms with van der Waals surface area (Å²) in [5.74, 6) is -0.561. The number of nitrogens with one attached hydrogen (secondary N) is 2. The minimum Gasteiger partial charge on any atom is -0.348 e. The number of hydrogen-bond acceptors (Lipinski definition) is 3. The van der Waals surface area contributed by atoms with E-state index < -0.39 is 11.3 Å². The maximum absolute atomic E-state index is 13.2. The molecule has 148 valence electrons. The highest BCUT2D eigenvalue weighted by Crippen LogP contribution is 2.49. The van der Waals surface area contributed by atoms with Crippen molar-refractivity contribution in [3.8, 4) is 0 Å². The predicted octanol–water partition coefficient (Wildman–Crippen LogP) is 4.39. The largest absolute Gasteiger partial charge is 0.348 e. The Morgan fingerprint density at radius 1 is 1.04 bits per heavy atom. The maximum atomic E-state index is 13.2. The molecule has 2 aromatic carbocycles. The molecule has 0 aliphatic heterocycles. The molecule has 1 fully saturated rings. The molecule has 0 heterocycles. The smallest absolute Gasteiger partial charge is 0.274 e. The van der Waals surface area contributed by atoms with Crippen LogP contribution in [0.2, 0.25) is 5.02 Å². The highest BCUT2D eigenvalue weighted by molar-refractivity contribution is 6.30. The lowest BCUT2D eigenvalue weighted by atomic mass is 9.81. The molecule has 3 N–H and O–H groups in total. The summed E-state index contributed by atoms with van der Waals surface area (Å²) in [6, 6.07) is 14.1. The molecule has 5 nitrogen and oxygen atoms in total. The highest BCUT2D eigenvalue weighted by Gasteiger charge is 2.52. The van der Waals surface area contributed by atoms with Crippen LogP contribution in [0.1, 0.15) is 61.1 Å². The van der Waals surface area contributed by atoms with Crippen LogP contribution in [-0.4, -0.2) is 17.0 Å². The van der Waals surface area contributed by atoms with Gasteiger partial charge in [0.1, 0.15) is 0 Å². The lowest BCUT2D eigenvalue weighted by Crippen LogP contribution is -2.42. The molecule has 6 heteroatoms. The van der Waals surface area contributed by atoms with Gasteiger partial charge in [-0.15, -0.1) is 0 Å². The zero-order valence-corrected chi connectivity index (χ0v) is 17.0. The second-order valence-corrected chi connectivity index (χ2v) is 8.86. The molecule has 0 aromatic heterocycles. The molecule has 28 heavy (non-hydrogen) atoms. The van der Waals surface area contributed by atoms with Crippen LogP contribution in [-0.2, 0) is 10.2 Å². The van der Waals surface area contributed by atoms with Gasteiger partial charge in [0, 0.05) is 10.6 Å². The fourth-order valence-corrected chi connectivity index (χ4v) is 3.63. The van der Waals surface area contributed by atoms with Gasteiger partial charge in [-0.3, -0.25) is 14.8 Å². The lowest BCUT2D eigenvalue weighted by Gasteiger charge is -2.33. The lowest BCUT2D eigenvalue weighted by molar-refractivity contribution is -0.125. The van der Waals surface area contributed by atoms with E-state index in [2.05, 4.69) is 26.1 Å². The van der Waals surface area contributed by atoms with Gasteiger partial charge in [-0.1, -0.05) is 56.6 Å². The Morgan fingerprint density at radius 2 is 1.61 bits per heavy atom. The minimum absolute atomic E-state index is 0.00641. The molecule has 0 saturated heterocycles. The molecule has 1 atom stereocenters. The predicted molar refractivity (Wildman–Crippen MR) is 108 cm³/mol. The van der Waals surface area contributed by atoms with Crippen LogP contribution < -0.4 is 10.8 Å². The van der Waals surface area contributed by atoms with Crippen molar-refractivity contribution < 1.29 is 14.8 Å². The van der Waals surface area contributed by atoms with E-state index in [-0.39, 0.29) is 17.4 Å². The molecular weight excluding hydrogens is 376 g/mol. The normalized spacial score (nSPS) is 16.2. The topological polar surface area (TPSA) is 78.4 Å². The van der Waals surface area contributed by atoms with Crippen molar-refractivity contribution in [1.29, 1.82) is 0 Å². The number of carbonyl (C=O) groups is 2. The summed E-state index contributed by atoms with van der Waals surface area (Å²) in [6.07, 6.45) is 1.62. The van der Waals surface area contributed by atoms with E-state index >= 15 is 0 Å². The Kier molecular flexibility index (Phi) is 5.50. The second-order valence-electron chi connectivity index (χ2n) is 8.42. The van der Waals surface area contributed by atoms with E-state index in [0.717, 1.165) is 24.0 Å². The Hall–Kier alpha value is -2.37. The van der Waals surface area contributed by atoms with Gasteiger partial charge >= 0.3 is 0 Å². The first-order valence-corrected chi connectivity index (χ1v) is 9.66. The van der Waals surface area contributed by atoms with Crippen molar-refractivity contribution in [2.24, 2.45) is 5.41 Å². The third kappa shape index (κ3) is 4.05. The van der Waals surface area contributed by atoms with Crippen LogP contribution in [0.5, 0.6) is 0 Å². The summed E-state index contributed by atoms with van der Waals surface area (Å²) < 4.78 is 0. The van der Waals surface area contributed by atoms with Crippen molar-refractivity contribution in [2.45, 2.75) is 45.1 Å². The van der Waals surface area contributed by atoms with Crippen molar-refractivity contribution in [3.63, 3.8) is 0 Å². The van der Waals surface area contributed by atoms with Gasteiger partial charge in [-0.05, 0) is 53.6 Å². The van der Waals surface area contributed by atoms with E-state index in [1.54, 1.807) is 17.6 Å². The molecule has 1 aliphatic rings. The Labute approximate surface area is 170 Å². The molecule has 0 bridgehead atoms. The molecule has 1 unspecified atom stereocenters. The van der Waals surface area contributed by atoms with Gasteiger partial charge in [0.15, 0.2) is 0 Å². The third-order valence-corrected chi connectivity index (χ3v) is 5.58. The minimum atomic E-state index is -0.567. The number of halogens is 1. The monoisotopic (exact) mass is 400 g/mol. The standard InChI is InChI=1S/C22H25ClN2O3/c1-21(2,3)18(14-4-6-15(7-5-14)19(26)25-28)24-20(27)22(12-13-22)16-8-10-17(23)11-9-16/h4-11,18,28H,12-13H2,1-3H3,(H,24,27)(H,25,26).